The Morgan fingerprint density at radius 1 is 1.39 bits per heavy atom. The molecule has 0 aliphatic heterocycles. The third-order valence-electron chi connectivity index (χ3n) is 2.38. The number of aliphatic carboxylic acids is 1. The van der Waals surface area contributed by atoms with E-state index in [0.717, 1.165) is 0 Å². The van der Waals surface area contributed by atoms with Gasteiger partial charge in [0.15, 0.2) is 0 Å². The zero-order valence-electron chi connectivity index (χ0n) is 10.1. The van der Waals surface area contributed by atoms with Crippen LogP contribution in [0, 0.1) is 0 Å². The topological polar surface area (TPSA) is 77.8 Å². The second-order valence-electron chi connectivity index (χ2n) is 4.08. The molecule has 0 saturated heterocycles. The number of nitrogens with zero attached hydrogens (tertiary/aromatic N) is 1. The number of phenols is 1. The molecule has 98 valence electrons. The number of rotatable bonds is 4. The number of halogens is 1. The largest absolute Gasteiger partial charge is 0.507 e. The molecule has 1 aromatic carbocycles. The van der Waals surface area contributed by atoms with Crippen LogP contribution >= 0.6 is 15.9 Å². The van der Waals surface area contributed by atoms with E-state index in [1.165, 1.54) is 17.0 Å². The fourth-order valence-corrected chi connectivity index (χ4v) is 1.82. The van der Waals surface area contributed by atoms with E-state index in [1.54, 1.807) is 19.9 Å². The highest BCUT2D eigenvalue weighted by molar-refractivity contribution is 9.10. The summed E-state index contributed by atoms with van der Waals surface area (Å²) in [4.78, 5) is 24.1. The smallest absolute Gasteiger partial charge is 0.323 e. The Balaban J connectivity index is 3.05. The first-order chi connectivity index (χ1) is 8.32. The zero-order chi connectivity index (χ0) is 13.9. The third kappa shape index (κ3) is 3.46. The van der Waals surface area contributed by atoms with Gasteiger partial charge in [0, 0.05) is 10.5 Å². The van der Waals surface area contributed by atoms with Gasteiger partial charge in [-0.1, -0.05) is 15.9 Å². The van der Waals surface area contributed by atoms with Crippen molar-refractivity contribution in [3.05, 3.63) is 28.2 Å². The van der Waals surface area contributed by atoms with Crippen LogP contribution in [0.1, 0.15) is 24.2 Å². The van der Waals surface area contributed by atoms with E-state index >= 15 is 0 Å². The first kappa shape index (κ1) is 14.5. The average molecular weight is 316 g/mol. The molecule has 1 aromatic rings. The molecule has 0 aromatic heterocycles. The van der Waals surface area contributed by atoms with Crippen molar-refractivity contribution in [1.82, 2.24) is 4.90 Å². The number of hydrogen-bond donors (Lipinski definition) is 2. The standard InChI is InChI=1S/C12H14BrNO4/c1-7(2)14(6-11(16)17)12(18)9-4-3-8(13)5-10(9)15/h3-5,7,15H,6H2,1-2H3,(H,16,17). The summed E-state index contributed by atoms with van der Waals surface area (Å²) in [5.74, 6) is -1.77. The van der Waals surface area contributed by atoms with Crippen LogP contribution in [0.15, 0.2) is 22.7 Å². The van der Waals surface area contributed by atoms with Gasteiger partial charge in [-0.25, -0.2) is 0 Å². The number of carboxylic acids is 1. The minimum atomic E-state index is -1.09. The van der Waals surface area contributed by atoms with Crippen molar-refractivity contribution < 1.29 is 19.8 Å². The van der Waals surface area contributed by atoms with E-state index in [1.807, 2.05) is 0 Å². The second kappa shape index (κ2) is 5.86. The molecule has 0 spiro atoms. The van der Waals surface area contributed by atoms with Crippen molar-refractivity contribution in [2.45, 2.75) is 19.9 Å². The van der Waals surface area contributed by atoms with E-state index in [-0.39, 0.29) is 17.4 Å². The van der Waals surface area contributed by atoms with Gasteiger partial charge in [0.25, 0.3) is 5.91 Å². The fourth-order valence-electron chi connectivity index (χ4n) is 1.47. The Morgan fingerprint density at radius 2 is 2.00 bits per heavy atom. The van der Waals surface area contributed by atoms with Crippen LogP contribution in [0.3, 0.4) is 0 Å². The van der Waals surface area contributed by atoms with Gasteiger partial charge in [-0.3, -0.25) is 9.59 Å². The van der Waals surface area contributed by atoms with Crippen LogP contribution < -0.4 is 0 Å². The minimum absolute atomic E-state index is 0.0909. The lowest BCUT2D eigenvalue weighted by Gasteiger charge is -2.25. The molecule has 18 heavy (non-hydrogen) atoms. The third-order valence-corrected chi connectivity index (χ3v) is 2.87. The Hall–Kier alpha value is -1.56. The van der Waals surface area contributed by atoms with Crippen molar-refractivity contribution in [2.24, 2.45) is 0 Å². The van der Waals surface area contributed by atoms with Crippen LogP contribution in [-0.2, 0) is 4.79 Å². The van der Waals surface area contributed by atoms with E-state index < -0.39 is 18.4 Å². The number of carboxylic acid groups (broad SMARTS) is 1. The predicted octanol–water partition coefficient (Wildman–Crippen LogP) is 2.09. The molecule has 0 heterocycles. The zero-order valence-corrected chi connectivity index (χ0v) is 11.6. The lowest BCUT2D eigenvalue weighted by atomic mass is 10.1. The van der Waals surface area contributed by atoms with Crippen molar-refractivity contribution in [2.75, 3.05) is 6.54 Å². The van der Waals surface area contributed by atoms with Gasteiger partial charge in [-0.2, -0.15) is 0 Å². The highest BCUT2D eigenvalue weighted by Gasteiger charge is 2.23. The Kier molecular flexibility index (Phi) is 4.72. The fraction of sp³-hybridized carbons (Fsp3) is 0.333. The molecule has 5 nitrogen and oxygen atoms in total. The highest BCUT2D eigenvalue weighted by Crippen LogP contribution is 2.24. The summed E-state index contributed by atoms with van der Waals surface area (Å²) in [5.41, 5.74) is 0.0909. The lowest BCUT2D eigenvalue weighted by Crippen LogP contribution is -2.40. The van der Waals surface area contributed by atoms with Gasteiger partial charge in [-0.15, -0.1) is 0 Å². The molecule has 0 unspecified atom stereocenters. The minimum Gasteiger partial charge on any atom is -0.507 e. The van der Waals surface area contributed by atoms with Gasteiger partial charge in [0.1, 0.15) is 12.3 Å². The number of aromatic hydroxyl groups is 1. The number of carbonyl (C=O) groups is 2. The van der Waals surface area contributed by atoms with Gasteiger partial charge >= 0.3 is 5.97 Å². The molecule has 0 atom stereocenters. The molecule has 1 rings (SSSR count). The molecule has 2 N–H and O–H groups in total. The van der Waals surface area contributed by atoms with Crippen LogP contribution in [0.25, 0.3) is 0 Å². The molecular weight excluding hydrogens is 302 g/mol. The summed E-state index contributed by atoms with van der Waals surface area (Å²) in [6.07, 6.45) is 0. The van der Waals surface area contributed by atoms with Crippen LogP contribution in [0.2, 0.25) is 0 Å². The number of carbonyl (C=O) groups excluding carboxylic acids is 1. The quantitative estimate of drug-likeness (QED) is 0.891. The molecule has 0 radical (unpaired) electrons. The summed E-state index contributed by atoms with van der Waals surface area (Å²) in [6, 6.07) is 4.20. The summed E-state index contributed by atoms with van der Waals surface area (Å²) < 4.78 is 0.644. The summed E-state index contributed by atoms with van der Waals surface area (Å²) in [5, 5.41) is 18.5. The lowest BCUT2D eigenvalue weighted by molar-refractivity contribution is -0.138. The molecule has 0 fully saturated rings. The second-order valence-corrected chi connectivity index (χ2v) is 5.00. The maximum absolute atomic E-state index is 12.1. The van der Waals surface area contributed by atoms with Crippen molar-refractivity contribution in [3.8, 4) is 5.75 Å². The van der Waals surface area contributed by atoms with Crippen LogP contribution in [0.4, 0.5) is 0 Å². The summed E-state index contributed by atoms with van der Waals surface area (Å²) >= 11 is 3.17. The van der Waals surface area contributed by atoms with E-state index in [2.05, 4.69) is 15.9 Å². The first-order valence-corrected chi connectivity index (χ1v) is 6.13. The molecule has 0 bridgehead atoms. The van der Waals surface area contributed by atoms with Crippen LogP contribution in [0.5, 0.6) is 5.75 Å². The molecule has 0 saturated carbocycles. The Labute approximate surface area is 113 Å². The SMILES string of the molecule is CC(C)N(CC(=O)O)C(=O)c1ccc(Br)cc1O. The normalized spacial score (nSPS) is 10.4. The highest BCUT2D eigenvalue weighted by atomic mass is 79.9. The first-order valence-electron chi connectivity index (χ1n) is 5.34. The maximum Gasteiger partial charge on any atom is 0.323 e. The number of amides is 1. The summed E-state index contributed by atoms with van der Waals surface area (Å²) in [7, 11) is 0. The van der Waals surface area contributed by atoms with Gasteiger partial charge in [0.05, 0.1) is 5.56 Å². The molecular formula is C12H14BrNO4. The van der Waals surface area contributed by atoms with E-state index in [9.17, 15) is 14.7 Å². The maximum atomic E-state index is 12.1. The van der Waals surface area contributed by atoms with Crippen LogP contribution in [-0.4, -0.2) is 39.6 Å². The number of hydrogen-bond acceptors (Lipinski definition) is 3. The van der Waals surface area contributed by atoms with E-state index in [4.69, 9.17) is 5.11 Å². The van der Waals surface area contributed by atoms with Crippen molar-refractivity contribution >= 4 is 27.8 Å². The molecule has 0 aliphatic carbocycles. The van der Waals surface area contributed by atoms with Gasteiger partial charge < -0.3 is 15.1 Å². The number of benzene rings is 1. The monoisotopic (exact) mass is 315 g/mol. The molecule has 0 aliphatic rings. The van der Waals surface area contributed by atoms with Gasteiger partial charge in [-0.05, 0) is 32.0 Å². The van der Waals surface area contributed by atoms with Gasteiger partial charge in [0.2, 0.25) is 0 Å². The van der Waals surface area contributed by atoms with Crippen molar-refractivity contribution in [1.29, 1.82) is 0 Å². The predicted molar refractivity (Wildman–Crippen MR) is 69.6 cm³/mol. The van der Waals surface area contributed by atoms with Crippen molar-refractivity contribution in [3.63, 3.8) is 0 Å². The molecule has 1 amide bonds. The van der Waals surface area contributed by atoms with E-state index in [0.29, 0.717) is 4.47 Å². The molecule has 6 heteroatoms. The Bertz CT molecular complexity index is 473. The number of phenolic OH excluding ortho intramolecular Hbond substituents is 1. The Morgan fingerprint density at radius 3 is 2.44 bits per heavy atom. The average Bonchev–Trinajstić information content (AvgIpc) is 2.24. The summed E-state index contributed by atoms with van der Waals surface area (Å²) in [6.45, 7) is 3.04.